The van der Waals surface area contributed by atoms with Crippen LogP contribution >= 0.6 is 11.8 Å². The molecule has 0 saturated carbocycles. The van der Waals surface area contributed by atoms with Crippen LogP contribution in [0.5, 0.6) is 0 Å². The topological polar surface area (TPSA) is 29.3 Å². The van der Waals surface area contributed by atoms with Crippen molar-refractivity contribution in [2.45, 2.75) is 37.6 Å². The molecule has 1 aromatic rings. The SMILES string of the molecule is CCCCN(CC)C(CN)c1ccc(SC)cc1. The molecular weight excluding hydrogens is 240 g/mol. The molecule has 0 saturated heterocycles. The summed E-state index contributed by atoms with van der Waals surface area (Å²) in [7, 11) is 0. The Morgan fingerprint density at radius 1 is 1.22 bits per heavy atom. The van der Waals surface area contributed by atoms with Crippen LogP contribution in [0.4, 0.5) is 0 Å². The van der Waals surface area contributed by atoms with Crippen molar-refractivity contribution in [1.82, 2.24) is 4.90 Å². The van der Waals surface area contributed by atoms with Gasteiger partial charge >= 0.3 is 0 Å². The number of benzene rings is 1. The van der Waals surface area contributed by atoms with E-state index in [4.69, 9.17) is 5.73 Å². The lowest BCUT2D eigenvalue weighted by molar-refractivity contribution is 0.209. The van der Waals surface area contributed by atoms with E-state index in [2.05, 4.69) is 49.3 Å². The summed E-state index contributed by atoms with van der Waals surface area (Å²) in [5, 5.41) is 0. The second-order valence-corrected chi connectivity index (χ2v) is 5.39. The number of hydrogen-bond donors (Lipinski definition) is 1. The zero-order valence-corrected chi connectivity index (χ0v) is 12.7. The quantitative estimate of drug-likeness (QED) is 0.730. The average Bonchev–Trinajstić information content (AvgIpc) is 2.43. The lowest BCUT2D eigenvalue weighted by Crippen LogP contribution is -2.34. The van der Waals surface area contributed by atoms with Crippen LogP contribution in [0.25, 0.3) is 0 Å². The average molecular weight is 266 g/mol. The maximum Gasteiger partial charge on any atom is 0.0470 e. The minimum absolute atomic E-state index is 0.359. The maximum atomic E-state index is 5.98. The fourth-order valence-corrected chi connectivity index (χ4v) is 2.63. The van der Waals surface area contributed by atoms with Gasteiger partial charge in [0.05, 0.1) is 0 Å². The molecule has 0 amide bonds. The molecular formula is C15H26N2S. The van der Waals surface area contributed by atoms with Gasteiger partial charge in [0.1, 0.15) is 0 Å². The second kappa shape index (κ2) is 8.57. The van der Waals surface area contributed by atoms with E-state index >= 15 is 0 Å². The van der Waals surface area contributed by atoms with Gasteiger partial charge in [0, 0.05) is 17.5 Å². The fraction of sp³-hybridized carbons (Fsp3) is 0.600. The molecule has 3 heteroatoms. The Kier molecular flexibility index (Phi) is 7.40. The molecule has 2 N–H and O–H groups in total. The van der Waals surface area contributed by atoms with Gasteiger partial charge in [-0.15, -0.1) is 11.8 Å². The summed E-state index contributed by atoms with van der Waals surface area (Å²) in [5.74, 6) is 0. The first kappa shape index (κ1) is 15.5. The van der Waals surface area contributed by atoms with Crippen LogP contribution in [-0.2, 0) is 0 Å². The molecule has 0 heterocycles. The highest BCUT2D eigenvalue weighted by Gasteiger charge is 2.16. The van der Waals surface area contributed by atoms with Crippen molar-refractivity contribution in [3.05, 3.63) is 29.8 Å². The van der Waals surface area contributed by atoms with Crippen LogP contribution in [0, 0.1) is 0 Å². The van der Waals surface area contributed by atoms with Gasteiger partial charge in [-0.25, -0.2) is 0 Å². The summed E-state index contributed by atoms with van der Waals surface area (Å²) in [5.41, 5.74) is 7.32. The van der Waals surface area contributed by atoms with Crippen LogP contribution < -0.4 is 5.73 Å². The Morgan fingerprint density at radius 3 is 2.33 bits per heavy atom. The Labute approximate surface area is 116 Å². The molecule has 2 nitrogen and oxygen atoms in total. The predicted octanol–water partition coefficient (Wildman–Crippen LogP) is 3.53. The number of thioether (sulfide) groups is 1. The minimum atomic E-state index is 0.359. The van der Waals surface area contributed by atoms with Gasteiger partial charge in [0.2, 0.25) is 0 Å². The lowest BCUT2D eigenvalue weighted by Gasteiger charge is -2.30. The van der Waals surface area contributed by atoms with Gasteiger partial charge in [-0.3, -0.25) is 4.90 Å². The maximum absolute atomic E-state index is 5.98. The van der Waals surface area contributed by atoms with Crippen molar-refractivity contribution in [2.24, 2.45) is 5.73 Å². The van der Waals surface area contributed by atoms with E-state index in [1.165, 1.54) is 23.3 Å². The normalized spacial score (nSPS) is 12.9. The summed E-state index contributed by atoms with van der Waals surface area (Å²) in [6.45, 7) is 7.34. The first-order valence-corrected chi connectivity index (χ1v) is 8.07. The van der Waals surface area contributed by atoms with Crippen LogP contribution in [0.2, 0.25) is 0 Å². The first-order chi connectivity index (χ1) is 8.76. The van der Waals surface area contributed by atoms with Gasteiger partial charge in [0.15, 0.2) is 0 Å². The molecule has 0 fully saturated rings. The number of hydrogen-bond acceptors (Lipinski definition) is 3. The summed E-state index contributed by atoms with van der Waals surface area (Å²) >= 11 is 1.78. The van der Waals surface area contributed by atoms with E-state index < -0.39 is 0 Å². The van der Waals surface area contributed by atoms with Crippen molar-refractivity contribution in [2.75, 3.05) is 25.9 Å². The van der Waals surface area contributed by atoms with E-state index in [0.717, 1.165) is 13.1 Å². The van der Waals surface area contributed by atoms with E-state index in [9.17, 15) is 0 Å². The lowest BCUT2D eigenvalue weighted by atomic mass is 10.0. The van der Waals surface area contributed by atoms with Crippen LogP contribution in [0.3, 0.4) is 0 Å². The number of unbranched alkanes of at least 4 members (excludes halogenated alkanes) is 1. The molecule has 1 rings (SSSR count). The monoisotopic (exact) mass is 266 g/mol. The second-order valence-electron chi connectivity index (χ2n) is 4.51. The first-order valence-electron chi connectivity index (χ1n) is 6.84. The van der Waals surface area contributed by atoms with Gasteiger partial charge in [0.25, 0.3) is 0 Å². The largest absolute Gasteiger partial charge is 0.329 e. The Hall–Kier alpha value is -0.510. The zero-order valence-electron chi connectivity index (χ0n) is 11.9. The Morgan fingerprint density at radius 2 is 1.89 bits per heavy atom. The molecule has 1 unspecified atom stereocenters. The minimum Gasteiger partial charge on any atom is -0.329 e. The highest BCUT2D eigenvalue weighted by molar-refractivity contribution is 7.98. The van der Waals surface area contributed by atoms with E-state index in [0.29, 0.717) is 12.6 Å². The van der Waals surface area contributed by atoms with E-state index in [1.807, 2.05) is 0 Å². The molecule has 0 aliphatic carbocycles. The smallest absolute Gasteiger partial charge is 0.0470 e. The van der Waals surface area contributed by atoms with Crippen molar-refractivity contribution < 1.29 is 0 Å². The fourth-order valence-electron chi connectivity index (χ4n) is 2.22. The summed E-state index contributed by atoms with van der Waals surface area (Å²) in [6, 6.07) is 9.18. The van der Waals surface area contributed by atoms with Crippen LogP contribution in [0.15, 0.2) is 29.2 Å². The molecule has 0 aliphatic rings. The summed E-state index contributed by atoms with van der Waals surface area (Å²) in [4.78, 5) is 3.79. The van der Waals surface area contributed by atoms with Crippen molar-refractivity contribution in [3.63, 3.8) is 0 Å². The molecule has 0 bridgehead atoms. The van der Waals surface area contributed by atoms with Crippen molar-refractivity contribution in [3.8, 4) is 0 Å². The van der Waals surface area contributed by atoms with Crippen LogP contribution in [-0.4, -0.2) is 30.8 Å². The molecule has 1 aromatic carbocycles. The Bertz CT molecular complexity index is 324. The van der Waals surface area contributed by atoms with Gasteiger partial charge < -0.3 is 5.73 Å². The van der Waals surface area contributed by atoms with Gasteiger partial charge in [-0.05, 0) is 43.5 Å². The number of nitrogens with zero attached hydrogens (tertiary/aromatic N) is 1. The van der Waals surface area contributed by atoms with E-state index in [1.54, 1.807) is 11.8 Å². The van der Waals surface area contributed by atoms with E-state index in [-0.39, 0.29) is 0 Å². The summed E-state index contributed by atoms with van der Waals surface area (Å²) in [6.07, 6.45) is 4.58. The standard InChI is InChI=1S/C15H26N2S/c1-4-6-11-17(5-2)15(12-16)13-7-9-14(18-3)10-8-13/h7-10,15H,4-6,11-12,16H2,1-3H3. The number of rotatable bonds is 8. The third-order valence-corrected chi connectivity index (χ3v) is 4.11. The molecule has 0 aliphatic heterocycles. The third kappa shape index (κ3) is 4.30. The number of likely N-dealkylation sites (N-methyl/N-ethyl adjacent to an activating group) is 1. The predicted molar refractivity (Wildman–Crippen MR) is 82.2 cm³/mol. The number of nitrogens with two attached hydrogens (primary N) is 1. The van der Waals surface area contributed by atoms with Crippen molar-refractivity contribution >= 4 is 11.8 Å². The highest BCUT2D eigenvalue weighted by Crippen LogP contribution is 2.23. The highest BCUT2D eigenvalue weighted by atomic mass is 32.2. The molecule has 0 aromatic heterocycles. The molecule has 0 spiro atoms. The van der Waals surface area contributed by atoms with Crippen LogP contribution in [0.1, 0.15) is 38.3 Å². The third-order valence-electron chi connectivity index (χ3n) is 3.37. The van der Waals surface area contributed by atoms with Gasteiger partial charge in [-0.1, -0.05) is 32.4 Å². The molecule has 1 atom stereocenters. The molecule has 18 heavy (non-hydrogen) atoms. The zero-order chi connectivity index (χ0) is 13.4. The molecule has 0 radical (unpaired) electrons. The Balaban J connectivity index is 2.78. The summed E-state index contributed by atoms with van der Waals surface area (Å²) < 4.78 is 0. The van der Waals surface area contributed by atoms with Gasteiger partial charge in [-0.2, -0.15) is 0 Å². The van der Waals surface area contributed by atoms with Crippen molar-refractivity contribution in [1.29, 1.82) is 0 Å². The molecule has 102 valence electrons.